The molecule has 6 rings (SSSR count). The van der Waals surface area contributed by atoms with Crippen molar-refractivity contribution in [1.29, 1.82) is 10.5 Å². The number of carboxylic acids is 1. The van der Waals surface area contributed by atoms with Gasteiger partial charge in [-0.15, -0.1) is 24.8 Å². The predicted molar refractivity (Wildman–Crippen MR) is 530 cm³/mol. The smallest absolute Gasteiger partial charge is 1.00 e. The number of esters is 3. The van der Waals surface area contributed by atoms with E-state index in [-0.39, 0.29) is 214 Å². The zero-order chi connectivity index (χ0) is 106. The van der Waals surface area contributed by atoms with Gasteiger partial charge in [0.05, 0.1) is 94.5 Å². The van der Waals surface area contributed by atoms with Crippen LogP contribution in [0.3, 0.4) is 0 Å². The molecule has 3 radical (unpaired) electrons. The summed E-state index contributed by atoms with van der Waals surface area (Å²) in [7, 11) is 4.61. The molecular weight excluding hydrogens is 1960 g/mol. The first-order valence-electron chi connectivity index (χ1n) is 43.9. The van der Waals surface area contributed by atoms with E-state index in [0.29, 0.717) is 130 Å². The van der Waals surface area contributed by atoms with Crippen molar-refractivity contribution in [2.75, 3.05) is 192 Å². The number of aromatic nitrogens is 4. The van der Waals surface area contributed by atoms with Gasteiger partial charge >= 0.3 is 99.5 Å². The SMILES string of the molecule is CCC(CO)CO.CCC(CO)COCOC.CCC(CO)COc1cccc2nc(N)nc(N)c12.CCC(COCOC)COc1cccc(F)c1C#N.CCC(COCOC)COc1cccc2nc(N)nc(N)c12.CCCC(=O)O.CCCC(=O)OCC.CCO.CCOC(=O)C(CC)C(=O)OCC.CCOC(=O)OCC.COC(OC)OC.Cl.Cl.N#Cc1c(F)cccc1F.O=S(=O)(O)O.[B].[H-].[H-].[Na+].[Na+]. The van der Waals surface area contributed by atoms with Gasteiger partial charge in [-0.05, 0) is 141 Å². The number of aliphatic hydroxyl groups excluding tert-OH is 5. The zero-order valence-electron chi connectivity index (χ0n) is 88.3. The van der Waals surface area contributed by atoms with E-state index in [1.807, 2.05) is 78.8 Å². The molecule has 2 aromatic heterocycles. The third-order valence-corrected chi connectivity index (χ3v) is 16.5. The van der Waals surface area contributed by atoms with Crippen molar-refractivity contribution in [3.8, 4) is 29.4 Å². The Labute approximate surface area is 896 Å². The number of aliphatic hydroxyl groups is 5. The molecular formula is C91H157BCl2F3N10Na2O32S. The number of nitrogens with two attached hydrogens (primary N) is 4. The molecule has 0 bridgehead atoms. The van der Waals surface area contributed by atoms with Gasteiger partial charge in [-0.1, -0.05) is 79.7 Å². The van der Waals surface area contributed by atoms with Crippen molar-refractivity contribution in [3.05, 3.63) is 101 Å². The number of hydrogen-bond donors (Lipinski definition) is 12. The fraction of sp³-hybridized carbons (Fsp3) is 0.615. The summed E-state index contributed by atoms with van der Waals surface area (Å²) in [6.45, 7) is 31.9. The third kappa shape index (κ3) is 87.4. The second kappa shape index (κ2) is 109. The number of anilines is 4. The topological polar surface area (TPSA) is 641 Å². The number of carbonyl (C=O) groups excluding carboxylic acids is 4. The van der Waals surface area contributed by atoms with Crippen LogP contribution in [0.15, 0.2) is 72.8 Å². The molecule has 4 aromatic carbocycles. The Bertz CT molecular complexity index is 4170. The molecule has 4 unspecified atom stereocenters. The summed E-state index contributed by atoms with van der Waals surface area (Å²) in [5.41, 5.74) is 23.7. The Hall–Kier alpha value is -7.97. The van der Waals surface area contributed by atoms with Crippen LogP contribution in [0.1, 0.15) is 175 Å². The summed E-state index contributed by atoms with van der Waals surface area (Å²) < 4.78 is 154. The molecule has 809 valence electrons. The minimum atomic E-state index is -4.67. The van der Waals surface area contributed by atoms with Crippen molar-refractivity contribution in [1.82, 2.24) is 19.9 Å². The summed E-state index contributed by atoms with van der Waals surface area (Å²) in [4.78, 5) is 68.8. The Balaban J connectivity index is -0.000000109. The second-order valence-electron chi connectivity index (χ2n) is 27.1. The van der Waals surface area contributed by atoms with Gasteiger partial charge in [-0.3, -0.25) is 28.3 Å². The van der Waals surface area contributed by atoms with Gasteiger partial charge in [0.1, 0.15) is 90.0 Å². The van der Waals surface area contributed by atoms with Gasteiger partial charge in [0, 0.05) is 127 Å². The molecule has 16 N–H and O–H groups in total. The first-order valence-corrected chi connectivity index (χ1v) is 45.3. The van der Waals surface area contributed by atoms with E-state index in [2.05, 4.69) is 60.0 Å². The molecule has 0 saturated carbocycles. The van der Waals surface area contributed by atoms with E-state index in [0.717, 1.165) is 57.1 Å². The van der Waals surface area contributed by atoms with Crippen molar-refractivity contribution in [2.24, 2.45) is 35.5 Å². The Kier molecular flexibility index (Phi) is 122. The monoisotopic (exact) mass is 2120 g/mol. The molecule has 0 amide bonds. The van der Waals surface area contributed by atoms with Gasteiger partial charge in [-0.25, -0.2) is 27.9 Å². The molecule has 0 aliphatic rings. The number of rotatable bonds is 45. The van der Waals surface area contributed by atoms with E-state index < -0.39 is 69.9 Å². The number of nitriles is 2. The molecule has 142 heavy (non-hydrogen) atoms. The fourth-order valence-corrected chi connectivity index (χ4v) is 9.11. The van der Waals surface area contributed by atoms with Crippen LogP contribution in [-0.2, 0) is 95.9 Å². The van der Waals surface area contributed by atoms with E-state index in [1.54, 1.807) is 81.1 Å². The van der Waals surface area contributed by atoms with E-state index in [9.17, 15) is 37.1 Å². The van der Waals surface area contributed by atoms with Gasteiger partial charge in [0.2, 0.25) is 11.9 Å². The van der Waals surface area contributed by atoms with Gasteiger partial charge in [-0.2, -0.15) is 28.9 Å². The molecule has 0 fully saturated rings. The molecule has 0 aliphatic heterocycles. The van der Waals surface area contributed by atoms with Gasteiger partial charge in [0.25, 0.3) is 6.48 Å². The Morgan fingerprint density at radius 3 is 0.986 bits per heavy atom. The van der Waals surface area contributed by atoms with Crippen LogP contribution in [0.5, 0.6) is 17.2 Å². The number of carboxylic acid groups (broad SMARTS) is 1. The summed E-state index contributed by atoms with van der Waals surface area (Å²) in [5.74, 6) is -1.40. The van der Waals surface area contributed by atoms with Crippen LogP contribution in [0.2, 0.25) is 0 Å². The van der Waals surface area contributed by atoms with Crippen LogP contribution >= 0.6 is 24.8 Å². The van der Waals surface area contributed by atoms with Gasteiger partial charge < -0.3 is 137 Å². The quantitative estimate of drug-likeness (QED) is 0.00349. The van der Waals surface area contributed by atoms with E-state index in [1.165, 1.54) is 45.6 Å². The number of benzene rings is 4. The molecule has 6 aromatic rings. The molecule has 0 saturated heterocycles. The third-order valence-electron chi connectivity index (χ3n) is 16.5. The molecule has 2 heterocycles. The maximum Gasteiger partial charge on any atom is 1.00 e. The molecule has 4 atom stereocenters. The first-order chi connectivity index (χ1) is 65.3. The molecule has 0 spiro atoms. The van der Waals surface area contributed by atoms with Crippen molar-refractivity contribution < 1.29 is 228 Å². The van der Waals surface area contributed by atoms with Crippen LogP contribution in [-0.4, -0.2) is 282 Å². The van der Waals surface area contributed by atoms with Crippen LogP contribution in [0, 0.1) is 75.6 Å². The summed E-state index contributed by atoms with van der Waals surface area (Å²) >= 11 is 0. The average molecular weight is 2120 g/mol. The molecule has 51 heteroatoms. The number of nitrogens with zero attached hydrogens (tertiary/aromatic N) is 6. The number of aliphatic carboxylic acids is 1. The van der Waals surface area contributed by atoms with Gasteiger partial charge in [0.15, 0.2) is 5.92 Å². The van der Waals surface area contributed by atoms with Crippen LogP contribution < -0.4 is 96.3 Å². The summed E-state index contributed by atoms with van der Waals surface area (Å²) in [5, 5.41) is 68.5. The second-order valence-corrected chi connectivity index (χ2v) is 28.0. The number of carbonyl (C=O) groups is 5. The number of fused-ring (bicyclic) bond motifs is 2. The summed E-state index contributed by atoms with van der Waals surface area (Å²) in [6, 6.07) is 21.8. The van der Waals surface area contributed by atoms with E-state index >= 15 is 0 Å². The van der Waals surface area contributed by atoms with E-state index in [4.69, 9.17) is 129 Å². The van der Waals surface area contributed by atoms with Crippen LogP contribution in [0.25, 0.3) is 21.8 Å². The van der Waals surface area contributed by atoms with Crippen molar-refractivity contribution in [3.63, 3.8) is 0 Å². The van der Waals surface area contributed by atoms with Crippen molar-refractivity contribution >= 4 is 119 Å². The minimum Gasteiger partial charge on any atom is -1.00 e. The largest absolute Gasteiger partial charge is 1.00 e. The maximum atomic E-state index is 13.4. The minimum absolute atomic E-state index is 0. The number of nitrogen functional groups attached to an aromatic ring is 4. The number of methoxy groups -OCH3 is 6. The number of halogens is 5. The number of hydrogen-bond acceptors (Lipinski definition) is 39. The maximum absolute atomic E-state index is 13.4. The molecule has 0 aliphatic carbocycles. The number of ether oxygens (including phenoxy) is 17. The summed E-state index contributed by atoms with van der Waals surface area (Å²) in [6.07, 6.45) is 6.72. The van der Waals surface area contributed by atoms with Crippen molar-refractivity contribution in [2.45, 2.75) is 168 Å². The van der Waals surface area contributed by atoms with Crippen LogP contribution in [0.4, 0.5) is 41.5 Å². The Morgan fingerprint density at radius 1 is 0.430 bits per heavy atom. The predicted octanol–water partition coefficient (Wildman–Crippen LogP) is 6.98. The first kappa shape index (κ1) is 159. The zero-order valence-corrected chi connectivity index (χ0v) is 92.7. The molecule has 42 nitrogen and oxygen atoms in total. The standard InChI is InChI=1S/C15H22N4O3.C14H18FNO3.C13H18N4O2.C9H16O4.C7H3F2N.C7H16O3.C6H12O2.C5H10O3.C5H12O2.C4H10O3.C4H8O2.C2H6O.B.2ClH.2Na.H2O4S.2H/c1-3-10(7-21-9-20-2)8-22-12-6-4-5-11-13(12)14(16)19-15(17)18-11;1-3-11(8-18-10-17-2)9-19-14-6-4-5-13(15)12(14)7-16;1-2-8(6-18)7-19-10-5-3-4-9-11(10)12(14)17-13(15)16-9;1-4-7(8(10)12-5-2)9(11)13-6-3;8-6-2-1-3-7(9)5(6)4-10;1-3-7(4-8)5-10-6-9-2;1-3-5-6(7)8-4-2;1-3-7-5(6)8-4-2;1-2-5(3-6)4-7;1-5-4(6-2)7-3;1-2-3-4(5)6;1-2-3;;;;;;1-5(2,3)4;;/h4-6,10H,3,7-9H2,1-2H3,(H4,16,17,18,19);4-6,11H,3,8-10H2,1-2H3;3-5,8,18H,2,6-7H2,1H3,(H4,14,15,16,17);7H,4-6H2,1-3H3;1-3H;7-8H,3-6H2,1-2H3;3-5H2,1-2H3;3-4H2,1-2H3;5-7H,2-4H2,1H3;4H,1-3H3;2-3H2,1H3,(H,5,6);3H,2H2,1H3;;2*1H;;;(H2,1,2,3,4);;/q;;;;;;;;;;;;;;;2*+1;;2*-1. The normalized spacial score (nSPS) is 10.5. The fourth-order valence-electron chi connectivity index (χ4n) is 9.11. The average Bonchev–Trinajstić information content (AvgIpc) is 0.803. The Morgan fingerprint density at radius 2 is 0.725 bits per heavy atom.